The van der Waals surface area contributed by atoms with Crippen LogP contribution < -0.4 is 0 Å². The molecule has 0 amide bonds. The van der Waals surface area contributed by atoms with Crippen molar-refractivity contribution in [3.8, 4) is 0 Å². The zero-order valence-corrected chi connectivity index (χ0v) is 7.68. The van der Waals surface area contributed by atoms with Gasteiger partial charge < -0.3 is 4.52 Å². The molecule has 0 N–H and O–H groups in total. The van der Waals surface area contributed by atoms with Gasteiger partial charge in [0.2, 0.25) is 0 Å². The van der Waals surface area contributed by atoms with E-state index < -0.39 is 0 Å². The van der Waals surface area contributed by atoms with Gasteiger partial charge in [-0.25, -0.2) is 0 Å². The summed E-state index contributed by atoms with van der Waals surface area (Å²) in [7, 11) is 0. The summed E-state index contributed by atoms with van der Waals surface area (Å²) in [6.07, 6.45) is 1.02. The van der Waals surface area contributed by atoms with E-state index in [1.54, 1.807) is 0 Å². The minimum Gasteiger partial charge on any atom is -0.360 e. The quantitative estimate of drug-likeness (QED) is 0.692. The Balaban J connectivity index is 2.74. The zero-order chi connectivity index (χ0) is 7.56. The fourth-order valence-electron chi connectivity index (χ4n) is 0.732. The predicted octanol–water partition coefficient (Wildman–Crippen LogP) is 2.83. The van der Waals surface area contributed by atoms with Gasteiger partial charge in [0.25, 0.3) is 0 Å². The standard InChI is InChI=1S/C7H10BrNO/c1-3-6(8)7-4-5(2)9-10-7/h4,6H,3H2,1-2H3/t6-/m0/s1. The summed E-state index contributed by atoms with van der Waals surface area (Å²) >= 11 is 3.46. The van der Waals surface area contributed by atoms with Crippen LogP contribution in [-0.4, -0.2) is 5.16 Å². The van der Waals surface area contributed by atoms with E-state index in [0.717, 1.165) is 17.9 Å². The summed E-state index contributed by atoms with van der Waals surface area (Å²) in [5.41, 5.74) is 0.938. The normalized spacial score (nSPS) is 13.5. The molecule has 0 aliphatic carbocycles. The predicted molar refractivity (Wildman–Crippen MR) is 43.2 cm³/mol. The lowest BCUT2D eigenvalue weighted by atomic mass is 10.2. The van der Waals surface area contributed by atoms with Gasteiger partial charge >= 0.3 is 0 Å². The molecule has 0 aromatic carbocycles. The van der Waals surface area contributed by atoms with Gasteiger partial charge in [-0.15, -0.1) is 0 Å². The Labute approximate surface area is 68.7 Å². The second-order valence-electron chi connectivity index (χ2n) is 2.25. The number of rotatable bonds is 2. The van der Waals surface area contributed by atoms with Crippen LogP contribution in [0.25, 0.3) is 0 Å². The fourth-order valence-corrected chi connectivity index (χ4v) is 0.948. The summed E-state index contributed by atoms with van der Waals surface area (Å²) in [6, 6.07) is 1.95. The number of aromatic nitrogens is 1. The van der Waals surface area contributed by atoms with Gasteiger partial charge in [-0.2, -0.15) is 0 Å². The second-order valence-corrected chi connectivity index (χ2v) is 3.35. The van der Waals surface area contributed by atoms with E-state index in [9.17, 15) is 0 Å². The van der Waals surface area contributed by atoms with Crippen molar-refractivity contribution in [2.75, 3.05) is 0 Å². The number of hydrogen-bond donors (Lipinski definition) is 0. The molecule has 10 heavy (non-hydrogen) atoms. The molecule has 3 heteroatoms. The third kappa shape index (κ3) is 1.59. The molecule has 1 aromatic heterocycles. The molecule has 0 unspecified atom stereocenters. The molecule has 0 bridgehead atoms. The third-order valence-corrected chi connectivity index (χ3v) is 2.41. The maximum atomic E-state index is 5.02. The molecule has 1 aromatic rings. The van der Waals surface area contributed by atoms with Crippen LogP contribution in [-0.2, 0) is 0 Å². The summed E-state index contributed by atoms with van der Waals surface area (Å²) < 4.78 is 5.02. The molecule has 0 fully saturated rings. The van der Waals surface area contributed by atoms with Crippen molar-refractivity contribution < 1.29 is 4.52 Å². The van der Waals surface area contributed by atoms with Gasteiger partial charge in [0.05, 0.1) is 10.5 Å². The van der Waals surface area contributed by atoms with Crippen molar-refractivity contribution >= 4 is 15.9 Å². The van der Waals surface area contributed by atoms with Gasteiger partial charge in [0, 0.05) is 6.07 Å². The SMILES string of the molecule is CC[C@H](Br)c1cc(C)no1. The third-order valence-electron chi connectivity index (χ3n) is 1.31. The van der Waals surface area contributed by atoms with Crippen LogP contribution in [0.1, 0.15) is 29.6 Å². The van der Waals surface area contributed by atoms with Gasteiger partial charge in [-0.3, -0.25) is 0 Å². The number of hydrogen-bond acceptors (Lipinski definition) is 2. The Morgan fingerprint density at radius 2 is 2.50 bits per heavy atom. The van der Waals surface area contributed by atoms with E-state index in [-0.39, 0.29) is 0 Å². The van der Waals surface area contributed by atoms with Crippen molar-refractivity contribution in [3.63, 3.8) is 0 Å². The number of nitrogens with zero attached hydrogens (tertiary/aromatic N) is 1. The Kier molecular flexibility index (Phi) is 2.49. The smallest absolute Gasteiger partial charge is 0.150 e. The van der Waals surface area contributed by atoms with E-state index in [1.807, 2.05) is 13.0 Å². The van der Waals surface area contributed by atoms with E-state index in [0.29, 0.717) is 4.83 Å². The molecule has 2 nitrogen and oxygen atoms in total. The first-order chi connectivity index (χ1) is 4.74. The molecule has 1 atom stereocenters. The highest BCUT2D eigenvalue weighted by atomic mass is 79.9. The van der Waals surface area contributed by atoms with Gasteiger partial charge in [-0.05, 0) is 13.3 Å². The maximum absolute atomic E-state index is 5.02. The first-order valence-electron chi connectivity index (χ1n) is 3.31. The minimum atomic E-state index is 0.314. The average molecular weight is 204 g/mol. The lowest BCUT2D eigenvalue weighted by molar-refractivity contribution is 0.378. The van der Waals surface area contributed by atoms with E-state index in [2.05, 4.69) is 28.0 Å². The molecule has 0 spiro atoms. The maximum Gasteiger partial charge on any atom is 0.150 e. The first kappa shape index (κ1) is 7.79. The summed E-state index contributed by atoms with van der Waals surface area (Å²) in [5, 5.41) is 3.78. The van der Waals surface area contributed by atoms with Gasteiger partial charge in [-0.1, -0.05) is 28.0 Å². The Bertz CT molecular complexity index is 209. The molecule has 0 aliphatic rings. The lowest BCUT2D eigenvalue weighted by Gasteiger charge is -1.97. The molecule has 0 saturated heterocycles. The van der Waals surface area contributed by atoms with Crippen molar-refractivity contribution in [1.29, 1.82) is 0 Å². The fraction of sp³-hybridized carbons (Fsp3) is 0.571. The Morgan fingerprint density at radius 1 is 1.80 bits per heavy atom. The molecular formula is C7H10BrNO. The topological polar surface area (TPSA) is 26.0 Å². The van der Waals surface area contributed by atoms with Crippen LogP contribution in [0, 0.1) is 6.92 Å². The summed E-state index contributed by atoms with van der Waals surface area (Å²) in [6.45, 7) is 4.01. The highest BCUT2D eigenvalue weighted by Crippen LogP contribution is 2.25. The van der Waals surface area contributed by atoms with E-state index in [4.69, 9.17) is 4.52 Å². The Hall–Kier alpha value is -0.310. The highest BCUT2D eigenvalue weighted by Gasteiger charge is 2.09. The molecule has 0 saturated carbocycles. The monoisotopic (exact) mass is 203 g/mol. The first-order valence-corrected chi connectivity index (χ1v) is 4.23. The highest BCUT2D eigenvalue weighted by molar-refractivity contribution is 9.09. The van der Waals surface area contributed by atoms with Crippen LogP contribution >= 0.6 is 15.9 Å². The van der Waals surface area contributed by atoms with E-state index >= 15 is 0 Å². The summed E-state index contributed by atoms with van der Waals surface area (Å²) in [5.74, 6) is 0.917. The number of halogens is 1. The average Bonchev–Trinajstić information content (AvgIpc) is 2.34. The second kappa shape index (κ2) is 3.19. The van der Waals surface area contributed by atoms with Gasteiger partial charge in [0.15, 0.2) is 5.76 Å². The molecular weight excluding hydrogens is 194 g/mol. The molecule has 0 aliphatic heterocycles. The van der Waals surface area contributed by atoms with Gasteiger partial charge in [0.1, 0.15) is 0 Å². The van der Waals surface area contributed by atoms with Crippen molar-refractivity contribution in [1.82, 2.24) is 5.16 Å². The lowest BCUT2D eigenvalue weighted by Crippen LogP contribution is -1.81. The molecule has 1 heterocycles. The van der Waals surface area contributed by atoms with Crippen LogP contribution in [0.3, 0.4) is 0 Å². The van der Waals surface area contributed by atoms with Crippen LogP contribution in [0.15, 0.2) is 10.6 Å². The zero-order valence-electron chi connectivity index (χ0n) is 6.10. The number of aryl methyl sites for hydroxylation is 1. The largest absolute Gasteiger partial charge is 0.360 e. The Morgan fingerprint density at radius 3 is 2.90 bits per heavy atom. The minimum absolute atomic E-state index is 0.314. The molecule has 56 valence electrons. The van der Waals surface area contributed by atoms with Crippen molar-refractivity contribution in [2.24, 2.45) is 0 Å². The summed E-state index contributed by atoms with van der Waals surface area (Å²) in [4.78, 5) is 0.314. The van der Waals surface area contributed by atoms with Crippen LogP contribution in [0.2, 0.25) is 0 Å². The van der Waals surface area contributed by atoms with Crippen LogP contribution in [0.5, 0.6) is 0 Å². The molecule has 1 rings (SSSR count). The van der Waals surface area contributed by atoms with Crippen molar-refractivity contribution in [3.05, 3.63) is 17.5 Å². The number of alkyl halides is 1. The van der Waals surface area contributed by atoms with Crippen molar-refractivity contribution in [2.45, 2.75) is 25.1 Å². The molecule has 0 radical (unpaired) electrons. The van der Waals surface area contributed by atoms with Crippen LogP contribution in [0.4, 0.5) is 0 Å². The van der Waals surface area contributed by atoms with E-state index in [1.165, 1.54) is 0 Å².